The van der Waals surface area contributed by atoms with Gasteiger partial charge in [-0.25, -0.2) is 4.79 Å². The maximum atomic E-state index is 11.7. The number of rotatable bonds is 6. The minimum Gasteiger partial charge on any atom is -0.484 e. The van der Waals surface area contributed by atoms with Gasteiger partial charge in [-0.1, -0.05) is 6.07 Å². The molecule has 0 radical (unpaired) electrons. The molecular formula is C15H19NO4. The highest BCUT2D eigenvalue weighted by molar-refractivity contribution is 5.89. The largest absolute Gasteiger partial charge is 0.484 e. The van der Waals surface area contributed by atoms with E-state index in [1.165, 1.54) is 20.0 Å². The highest BCUT2D eigenvalue weighted by atomic mass is 16.5. The molecule has 5 nitrogen and oxygen atoms in total. The van der Waals surface area contributed by atoms with Crippen molar-refractivity contribution in [3.8, 4) is 5.75 Å². The van der Waals surface area contributed by atoms with E-state index in [4.69, 9.17) is 4.74 Å². The van der Waals surface area contributed by atoms with E-state index in [1.54, 1.807) is 24.3 Å². The molecule has 1 amide bonds. The smallest absolute Gasteiger partial charge is 0.337 e. The fraction of sp³-hybridized carbons (Fsp3) is 0.467. The van der Waals surface area contributed by atoms with Crippen LogP contribution in [0.2, 0.25) is 0 Å². The minimum atomic E-state index is -0.428. The SMILES string of the molecule is COC(=O)c1cccc(OCC(=O)NC(C)C2CC2)c1. The Balaban J connectivity index is 1.83. The van der Waals surface area contributed by atoms with Crippen LogP contribution in [0.25, 0.3) is 0 Å². The van der Waals surface area contributed by atoms with Gasteiger partial charge >= 0.3 is 5.97 Å². The van der Waals surface area contributed by atoms with Crippen LogP contribution in [0.3, 0.4) is 0 Å². The predicted octanol–water partition coefficient (Wildman–Crippen LogP) is 1.77. The molecule has 5 heteroatoms. The molecule has 1 aromatic carbocycles. The third kappa shape index (κ3) is 3.98. The molecule has 1 atom stereocenters. The molecule has 1 aliphatic carbocycles. The summed E-state index contributed by atoms with van der Waals surface area (Å²) < 4.78 is 10.0. The first-order valence-electron chi connectivity index (χ1n) is 6.70. The first-order chi connectivity index (χ1) is 9.60. The number of nitrogens with one attached hydrogen (secondary N) is 1. The number of carbonyl (C=O) groups is 2. The summed E-state index contributed by atoms with van der Waals surface area (Å²) in [4.78, 5) is 23.1. The predicted molar refractivity (Wildman–Crippen MR) is 73.6 cm³/mol. The molecule has 108 valence electrons. The number of ether oxygens (including phenoxy) is 2. The molecule has 0 saturated heterocycles. The molecular weight excluding hydrogens is 258 g/mol. The first-order valence-corrected chi connectivity index (χ1v) is 6.70. The monoisotopic (exact) mass is 277 g/mol. The lowest BCUT2D eigenvalue weighted by molar-refractivity contribution is -0.123. The summed E-state index contributed by atoms with van der Waals surface area (Å²) in [6.45, 7) is 1.95. The highest BCUT2D eigenvalue weighted by Crippen LogP contribution is 2.32. The summed E-state index contributed by atoms with van der Waals surface area (Å²) in [6.07, 6.45) is 2.37. The number of benzene rings is 1. The Bertz CT molecular complexity index is 496. The Kier molecular flexibility index (Phi) is 4.61. The van der Waals surface area contributed by atoms with Crippen LogP contribution in [-0.2, 0) is 9.53 Å². The number of hydrogen-bond acceptors (Lipinski definition) is 4. The van der Waals surface area contributed by atoms with Gasteiger partial charge in [-0.3, -0.25) is 4.79 Å². The van der Waals surface area contributed by atoms with Gasteiger partial charge in [0.15, 0.2) is 6.61 Å². The summed E-state index contributed by atoms with van der Waals surface area (Å²) in [5, 5.41) is 2.91. The quantitative estimate of drug-likeness (QED) is 0.805. The standard InChI is InChI=1S/C15H19NO4/c1-10(11-6-7-11)16-14(17)9-20-13-5-3-4-12(8-13)15(18)19-2/h3-5,8,10-11H,6-7,9H2,1-2H3,(H,16,17). The summed E-state index contributed by atoms with van der Waals surface area (Å²) in [5.74, 6) is 0.513. The molecule has 1 aliphatic rings. The topological polar surface area (TPSA) is 64.6 Å². The normalized spacial score (nSPS) is 15.3. The maximum absolute atomic E-state index is 11.7. The summed E-state index contributed by atoms with van der Waals surface area (Å²) in [6, 6.07) is 6.78. The van der Waals surface area contributed by atoms with Crippen LogP contribution in [0.15, 0.2) is 24.3 Å². The van der Waals surface area contributed by atoms with Gasteiger partial charge in [-0.2, -0.15) is 0 Å². The van der Waals surface area contributed by atoms with Gasteiger partial charge in [0.05, 0.1) is 12.7 Å². The molecule has 0 aliphatic heterocycles. The fourth-order valence-electron chi connectivity index (χ4n) is 1.99. The molecule has 1 N–H and O–H groups in total. The third-order valence-electron chi connectivity index (χ3n) is 3.34. The van der Waals surface area contributed by atoms with Gasteiger partial charge in [-0.15, -0.1) is 0 Å². The zero-order chi connectivity index (χ0) is 14.5. The van der Waals surface area contributed by atoms with Crippen LogP contribution >= 0.6 is 0 Å². The van der Waals surface area contributed by atoms with Crippen molar-refractivity contribution in [1.82, 2.24) is 5.32 Å². The lowest BCUT2D eigenvalue weighted by atomic mass is 10.2. The molecule has 1 saturated carbocycles. The second-order valence-electron chi connectivity index (χ2n) is 5.00. The number of amides is 1. The summed E-state index contributed by atoms with van der Waals surface area (Å²) in [7, 11) is 1.32. The Morgan fingerprint density at radius 1 is 1.40 bits per heavy atom. The average molecular weight is 277 g/mol. The van der Waals surface area contributed by atoms with Crippen LogP contribution in [0.5, 0.6) is 5.75 Å². The van der Waals surface area contributed by atoms with Crippen molar-refractivity contribution in [1.29, 1.82) is 0 Å². The lowest BCUT2D eigenvalue weighted by Crippen LogP contribution is -2.37. The van der Waals surface area contributed by atoms with E-state index < -0.39 is 5.97 Å². The molecule has 1 unspecified atom stereocenters. The van der Waals surface area contributed by atoms with E-state index in [1.807, 2.05) is 6.92 Å². The molecule has 1 aromatic rings. The maximum Gasteiger partial charge on any atom is 0.337 e. The molecule has 1 fully saturated rings. The van der Waals surface area contributed by atoms with Gasteiger partial charge < -0.3 is 14.8 Å². The Morgan fingerprint density at radius 2 is 2.15 bits per heavy atom. The van der Waals surface area contributed by atoms with Gasteiger partial charge in [0, 0.05) is 6.04 Å². The van der Waals surface area contributed by atoms with Gasteiger partial charge in [0.1, 0.15) is 5.75 Å². The van der Waals surface area contributed by atoms with Crippen molar-refractivity contribution in [2.45, 2.75) is 25.8 Å². The van der Waals surface area contributed by atoms with Crippen molar-refractivity contribution in [3.63, 3.8) is 0 Å². The lowest BCUT2D eigenvalue weighted by Gasteiger charge is -2.13. The van der Waals surface area contributed by atoms with Crippen molar-refractivity contribution in [2.24, 2.45) is 5.92 Å². The molecule has 0 spiro atoms. The number of carbonyl (C=O) groups excluding carboxylic acids is 2. The van der Waals surface area contributed by atoms with Crippen molar-refractivity contribution >= 4 is 11.9 Å². The van der Waals surface area contributed by atoms with E-state index >= 15 is 0 Å². The summed E-state index contributed by atoms with van der Waals surface area (Å²) in [5.41, 5.74) is 0.400. The van der Waals surface area contributed by atoms with Crippen LogP contribution in [0, 0.1) is 5.92 Å². The number of hydrogen-bond donors (Lipinski definition) is 1. The van der Waals surface area contributed by atoms with Crippen LogP contribution < -0.4 is 10.1 Å². The third-order valence-corrected chi connectivity index (χ3v) is 3.34. The van der Waals surface area contributed by atoms with Crippen molar-refractivity contribution in [3.05, 3.63) is 29.8 Å². The highest BCUT2D eigenvalue weighted by Gasteiger charge is 2.28. The van der Waals surface area contributed by atoms with E-state index in [2.05, 4.69) is 10.1 Å². The average Bonchev–Trinajstić information content (AvgIpc) is 3.29. The van der Waals surface area contributed by atoms with Gasteiger partial charge in [0.25, 0.3) is 5.91 Å². The second kappa shape index (κ2) is 6.41. The Labute approximate surface area is 118 Å². The molecule has 0 aromatic heterocycles. The van der Waals surface area contributed by atoms with Crippen molar-refractivity contribution in [2.75, 3.05) is 13.7 Å². The van der Waals surface area contributed by atoms with E-state index in [-0.39, 0.29) is 18.6 Å². The zero-order valence-electron chi connectivity index (χ0n) is 11.7. The number of esters is 1. The first kappa shape index (κ1) is 14.4. The Hall–Kier alpha value is -2.04. The Morgan fingerprint density at radius 3 is 2.80 bits per heavy atom. The van der Waals surface area contributed by atoms with Gasteiger partial charge in [-0.05, 0) is 43.9 Å². The molecule has 2 rings (SSSR count). The van der Waals surface area contributed by atoms with Gasteiger partial charge in [0.2, 0.25) is 0 Å². The minimum absolute atomic E-state index is 0.0539. The second-order valence-corrected chi connectivity index (χ2v) is 5.00. The van der Waals surface area contributed by atoms with Crippen LogP contribution in [-0.4, -0.2) is 31.6 Å². The van der Waals surface area contributed by atoms with E-state index in [9.17, 15) is 9.59 Å². The van der Waals surface area contributed by atoms with Crippen LogP contribution in [0.4, 0.5) is 0 Å². The zero-order valence-corrected chi connectivity index (χ0v) is 11.7. The van der Waals surface area contributed by atoms with E-state index in [0.29, 0.717) is 17.2 Å². The molecule has 0 heterocycles. The molecule has 20 heavy (non-hydrogen) atoms. The summed E-state index contributed by atoms with van der Waals surface area (Å²) >= 11 is 0. The van der Waals surface area contributed by atoms with E-state index in [0.717, 1.165) is 0 Å². The fourth-order valence-corrected chi connectivity index (χ4v) is 1.99. The number of methoxy groups -OCH3 is 1. The van der Waals surface area contributed by atoms with Crippen molar-refractivity contribution < 1.29 is 19.1 Å². The van der Waals surface area contributed by atoms with Crippen LogP contribution in [0.1, 0.15) is 30.1 Å². The molecule has 0 bridgehead atoms.